The van der Waals surface area contributed by atoms with Crippen LogP contribution in [-0.2, 0) is 15.1 Å². The molecule has 0 spiro atoms. The van der Waals surface area contributed by atoms with E-state index in [0.717, 1.165) is 5.56 Å². The van der Waals surface area contributed by atoms with Gasteiger partial charge >= 0.3 is 0 Å². The van der Waals surface area contributed by atoms with E-state index in [4.69, 9.17) is 10.5 Å². The lowest BCUT2D eigenvalue weighted by atomic mass is 9.87. The van der Waals surface area contributed by atoms with Crippen molar-refractivity contribution in [2.24, 2.45) is 10.7 Å². The minimum absolute atomic E-state index is 0.116. The van der Waals surface area contributed by atoms with Gasteiger partial charge in [-0.3, -0.25) is 19.5 Å². The highest BCUT2D eigenvalue weighted by molar-refractivity contribution is 6.03. The van der Waals surface area contributed by atoms with Crippen LogP contribution in [-0.4, -0.2) is 53.4 Å². The Balaban J connectivity index is 1.75. The fraction of sp³-hybridized carbons (Fsp3) is 0.286. The maximum atomic E-state index is 12.5. The molecular weight excluding hydrogens is 384 g/mol. The van der Waals surface area contributed by atoms with Crippen molar-refractivity contribution in [2.45, 2.75) is 18.9 Å². The molecule has 156 valence electrons. The predicted octanol–water partition coefficient (Wildman–Crippen LogP) is 1.78. The average Bonchev–Trinajstić information content (AvgIpc) is 2.73. The third-order valence-corrected chi connectivity index (χ3v) is 4.77. The quantitative estimate of drug-likeness (QED) is 0.751. The molecule has 2 aromatic rings. The molecule has 0 radical (unpaired) electrons. The zero-order valence-corrected chi connectivity index (χ0v) is 17.1. The van der Waals surface area contributed by atoms with Gasteiger partial charge in [0.2, 0.25) is 5.91 Å². The number of ether oxygens (including phenoxy) is 1. The number of rotatable bonds is 6. The summed E-state index contributed by atoms with van der Waals surface area (Å²) >= 11 is 0. The summed E-state index contributed by atoms with van der Waals surface area (Å²) in [5.74, 6) is -0.341. The van der Waals surface area contributed by atoms with Gasteiger partial charge in [-0.25, -0.2) is 9.98 Å². The molecule has 1 aromatic carbocycles. The topological polar surface area (TPSA) is 123 Å². The fourth-order valence-electron chi connectivity index (χ4n) is 3.01. The van der Waals surface area contributed by atoms with Gasteiger partial charge in [-0.1, -0.05) is 18.2 Å². The summed E-state index contributed by atoms with van der Waals surface area (Å²) in [4.78, 5) is 38.9. The highest BCUT2D eigenvalue weighted by Gasteiger charge is 2.36. The molecule has 30 heavy (non-hydrogen) atoms. The molecule has 0 bridgehead atoms. The van der Waals surface area contributed by atoms with Gasteiger partial charge in [0.1, 0.15) is 5.69 Å². The number of nitrogens with one attached hydrogen (secondary N) is 1. The van der Waals surface area contributed by atoms with Gasteiger partial charge in [-0.05, 0) is 30.7 Å². The van der Waals surface area contributed by atoms with Crippen molar-refractivity contribution in [3.63, 3.8) is 0 Å². The van der Waals surface area contributed by atoms with Crippen molar-refractivity contribution in [1.82, 2.24) is 14.9 Å². The van der Waals surface area contributed by atoms with Crippen LogP contribution >= 0.6 is 0 Å². The van der Waals surface area contributed by atoms with E-state index in [9.17, 15) is 9.59 Å². The van der Waals surface area contributed by atoms with Crippen molar-refractivity contribution < 1.29 is 14.3 Å². The second-order valence-corrected chi connectivity index (χ2v) is 7.09. The van der Waals surface area contributed by atoms with Crippen molar-refractivity contribution in [1.29, 1.82) is 0 Å². The Morgan fingerprint density at radius 1 is 1.37 bits per heavy atom. The van der Waals surface area contributed by atoms with Crippen molar-refractivity contribution in [3.8, 4) is 0 Å². The normalized spacial score (nSPS) is 19.1. The Morgan fingerprint density at radius 3 is 2.83 bits per heavy atom. The molecule has 1 aromatic heterocycles. The number of hydrogen-bond donors (Lipinski definition) is 2. The molecule has 0 saturated carbocycles. The number of carbonyl (C=O) groups excluding carboxylic acids is 2. The summed E-state index contributed by atoms with van der Waals surface area (Å²) in [5.41, 5.74) is 7.23. The number of hydrogen-bond acceptors (Lipinski definition) is 7. The molecule has 1 unspecified atom stereocenters. The van der Waals surface area contributed by atoms with Crippen LogP contribution in [0, 0.1) is 0 Å². The van der Waals surface area contributed by atoms with E-state index in [0.29, 0.717) is 18.0 Å². The maximum Gasteiger partial charge on any atom is 0.275 e. The molecule has 1 atom stereocenters. The van der Waals surface area contributed by atoms with Crippen LogP contribution in [0.4, 0.5) is 5.69 Å². The summed E-state index contributed by atoms with van der Waals surface area (Å²) in [7, 11) is 3.20. The van der Waals surface area contributed by atoms with E-state index in [2.05, 4.69) is 20.3 Å². The predicted molar refractivity (Wildman–Crippen MR) is 114 cm³/mol. The lowest BCUT2D eigenvalue weighted by molar-refractivity contribution is -0.128. The highest BCUT2D eigenvalue weighted by Crippen LogP contribution is 2.34. The number of guanidine groups is 1. The van der Waals surface area contributed by atoms with Crippen molar-refractivity contribution >= 4 is 29.5 Å². The zero-order valence-electron chi connectivity index (χ0n) is 17.1. The smallest absolute Gasteiger partial charge is 0.275 e. The van der Waals surface area contributed by atoms with Crippen LogP contribution in [0.1, 0.15) is 35.1 Å². The molecule has 3 N–H and O–H groups in total. The first kappa shape index (κ1) is 21.1. The van der Waals surface area contributed by atoms with Crippen molar-refractivity contribution in [2.75, 3.05) is 26.1 Å². The van der Waals surface area contributed by atoms with E-state index in [-0.39, 0.29) is 29.9 Å². The molecule has 0 fully saturated rings. The monoisotopic (exact) mass is 408 g/mol. The number of nitrogens with two attached hydrogens (primary N) is 1. The van der Waals surface area contributed by atoms with Crippen LogP contribution in [0.3, 0.4) is 0 Å². The molecule has 0 aliphatic carbocycles. The second-order valence-electron chi connectivity index (χ2n) is 7.09. The number of amides is 2. The van der Waals surface area contributed by atoms with Crippen LogP contribution in [0.15, 0.2) is 47.7 Å². The molecule has 2 heterocycles. The summed E-state index contributed by atoms with van der Waals surface area (Å²) in [6.45, 7) is 2.31. The first-order chi connectivity index (χ1) is 14.3. The minimum atomic E-state index is -0.801. The van der Waals surface area contributed by atoms with Gasteiger partial charge in [-0.15, -0.1) is 0 Å². The molecule has 2 amide bonds. The Bertz CT molecular complexity index is 1000. The van der Waals surface area contributed by atoms with Gasteiger partial charge < -0.3 is 15.8 Å². The SMILES string of the molecule is COC/C=C\c1cnc(C(=O)Nc2cccc(C3(C)CC(=O)N(C)C(N)=N3)c2)cn1. The number of nitrogens with zero attached hydrogens (tertiary/aromatic N) is 4. The first-order valence-corrected chi connectivity index (χ1v) is 9.34. The molecule has 1 aliphatic heterocycles. The van der Waals surface area contributed by atoms with Gasteiger partial charge in [0.25, 0.3) is 5.91 Å². The van der Waals surface area contributed by atoms with Gasteiger partial charge in [0, 0.05) is 19.8 Å². The summed E-state index contributed by atoms with van der Waals surface area (Å²) in [6.07, 6.45) is 6.68. The van der Waals surface area contributed by atoms with Crippen LogP contribution < -0.4 is 11.1 Å². The van der Waals surface area contributed by atoms with E-state index in [1.54, 1.807) is 44.5 Å². The van der Waals surface area contributed by atoms with Crippen molar-refractivity contribution in [3.05, 3.63) is 59.7 Å². The molecular formula is C21H24N6O3. The van der Waals surface area contributed by atoms with Crippen LogP contribution in [0.25, 0.3) is 6.08 Å². The third-order valence-electron chi connectivity index (χ3n) is 4.77. The fourth-order valence-corrected chi connectivity index (χ4v) is 3.01. The standard InChI is InChI=1S/C21H24N6O3/c1-21(11-18(28)27(2)20(22)26-21)14-6-4-7-15(10-14)25-19(29)17-13-23-16(12-24-17)8-5-9-30-3/h4-8,10,12-13H,9,11H2,1-3H3,(H2,22,26)(H,25,29)/b8-5-. The Hall–Kier alpha value is -3.59. The van der Waals surface area contributed by atoms with E-state index >= 15 is 0 Å². The summed E-state index contributed by atoms with van der Waals surface area (Å²) in [6, 6.07) is 7.18. The summed E-state index contributed by atoms with van der Waals surface area (Å²) in [5, 5.41) is 2.80. The van der Waals surface area contributed by atoms with Gasteiger partial charge in [-0.2, -0.15) is 0 Å². The first-order valence-electron chi connectivity index (χ1n) is 9.34. The molecule has 0 saturated heterocycles. The zero-order chi connectivity index (χ0) is 21.7. The van der Waals surface area contributed by atoms with Crippen LogP contribution in [0.2, 0.25) is 0 Å². The number of aromatic nitrogens is 2. The number of carbonyl (C=O) groups is 2. The lowest BCUT2D eigenvalue weighted by Gasteiger charge is -2.33. The van der Waals surface area contributed by atoms with Crippen LogP contribution in [0.5, 0.6) is 0 Å². The third kappa shape index (κ3) is 4.69. The molecule has 3 rings (SSSR count). The lowest BCUT2D eigenvalue weighted by Crippen LogP contribution is -2.47. The molecule has 1 aliphatic rings. The molecule has 9 heteroatoms. The number of benzene rings is 1. The van der Waals surface area contributed by atoms with E-state index in [1.807, 2.05) is 13.0 Å². The van der Waals surface area contributed by atoms with E-state index < -0.39 is 5.54 Å². The number of methoxy groups -OCH3 is 1. The van der Waals surface area contributed by atoms with Gasteiger partial charge in [0.15, 0.2) is 5.96 Å². The number of anilines is 1. The van der Waals surface area contributed by atoms with E-state index in [1.165, 1.54) is 17.3 Å². The Labute approximate surface area is 174 Å². The number of aliphatic imine (C=N–C) groups is 1. The Morgan fingerprint density at radius 2 is 2.17 bits per heavy atom. The summed E-state index contributed by atoms with van der Waals surface area (Å²) < 4.78 is 4.93. The maximum absolute atomic E-state index is 12.5. The second kappa shape index (κ2) is 8.83. The van der Waals surface area contributed by atoms with Gasteiger partial charge in [0.05, 0.1) is 36.7 Å². The largest absolute Gasteiger partial charge is 0.381 e. The minimum Gasteiger partial charge on any atom is -0.381 e. The Kier molecular flexibility index (Phi) is 6.22. The average molecular weight is 408 g/mol. The highest BCUT2D eigenvalue weighted by atomic mass is 16.5. The molecule has 9 nitrogen and oxygen atoms in total.